The van der Waals surface area contributed by atoms with Crippen LogP contribution in [0, 0.1) is 11.8 Å². The molecule has 3 nitrogen and oxygen atoms in total. The first-order valence-corrected chi connectivity index (χ1v) is 8.09. The zero-order valence-corrected chi connectivity index (χ0v) is 14.9. The zero-order chi connectivity index (χ0) is 16.5. The van der Waals surface area contributed by atoms with Crippen molar-refractivity contribution >= 4 is 0 Å². The third kappa shape index (κ3) is 4.97. The Hall–Kier alpha value is -1.64. The molecule has 2 rings (SSSR count). The van der Waals surface area contributed by atoms with Gasteiger partial charge in [-0.1, -0.05) is 32.1 Å². The number of para-hydroxylation sites is 2. The van der Waals surface area contributed by atoms with Crippen LogP contribution in [0.1, 0.15) is 33.1 Å². The van der Waals surface area contributed by atoms with E-state index in [1.165, 1.54) is 19.3 Å². The quantitative estimate of drug-likeness (QED) is 0.812. The van der Waals surface area contributed by atoms with Crippen LogP contribution in [-0.4, -0.2) is 33.2 Å². The van der Waals surface area contributed by atoms with E-state index in [1.807, 2.05) is 24.3 Å². The highest BCUT2D eigenvalue weighted by molar-refractivity contribution is 5.39. The van der Waals surface area contributed by atoms with Gasteiger partial charge in [-0.3, -0.25) is 0 Å². The van der Waals surface area contributed by atoms with Crippen LogP contribution in [0.3, 0.4) is 0 Å². The molecule has 1 aromatic carbocycles. The van der Waals surface area contributed by atoms with Crippen molar-refractivity contribution < 1.29 is 9.47 Å². The minimum absolute atomic E-state index is 0.769. The van der Waals surface area contributed by atoms with Crippen LogP contribution >= 0.6 is 0 Å². The van der Waals surface area contributed by atoms with Crippen LogP contribution in [0.5, 0.6) is 11.5 Å². The van der Waals surface area contributed by atoms with E-state index in [-0.39, 0.29) is 0 Å². The number of hydrogen-bond donors (Lipinski definition) is 0. The number of benzene rings is 1. The Morgan fingerprint density at radius 3 is 2.00 bits per heavy atom. The molecule has 2 atom stereocenters. The SMILES string of the molecule is CCC1C(N(C)C)=CCC[C@@H]1C.COc1ccccc1OC. The molecule has 0 radical (unpaired) electrons. The Morgan fingerprint density at radius 1 is 1.09 bits per heavy atom. The maximum absolute atomic E-state index is 5.01. The van der Waals surface area contributed by atoms with E-state index < -0.39 is 0 Å². The molecule has 0 heterocycles. The first kappa shape index (κ1) is 18.4. The van der Waals surface area contributed by atoms with Crippen LogP contribution in [0.4, 0.5) is 0 Å². The molecule has 3 heteroatoms. The fourth-order valence-corrected chi connectivity index (χ4v) is 3.05. The summed E-state index contributed by atoms with van der Waals surface area (Å²) < 4.78 is 10.0. The second-order valence-corrected chi connectivity index (χ2v) is 5.95. The molecule has 0 N–H and O–H groups in total. The van der Waals surface area contributed by atoms with Crippen LogP contribution in [0.15, 0.2) is 36.0 Å². The minimum atomic E-state index is 0.769. The number of rotatable bonds is 4. The van der Waals surface area contributed by atoms with E-state index in [2.05, 4.69) is 38.9 Å². The summed E-state index contributed by atoms with van der Waals surface area (Å²) in [6.45, 7) is 4.68. The molecule has 1 aromatic rings. The second-order valence-electron chi connectivity index (χ2n) is 5.95. The molecule has 1 aliphatic rings. The van der Waals surface area contributed by atoms with Gasteiger partial charge < -0.3 is 14.4 Å². The van der Waals surface area contributed by atoms with E-state index in [9.17, 15) is 0 Å². The van der Waals surface area contributed by atoms with Gasteiger partial charge in [-0.25, -0.2) is 0 Å². The zero-order valence-electron chi connectivity index (χ0n) is 14.9. The van der Waals surface area contributed by atoms with Crippen molar-refractivity contribution in [2.45, 2.75) is 33.1 Å². The lowest BCUT2D eigenvalue weighted by Crippen LogP contribution is -2.26. The minimum Gasteiger partial charge on any atom is -0.493 e. The van der Waals surface area contributed by atoms with Gasteiger partial charge in [0.15, 0.2) is 11.5 Å². The highest BCUT2D eigenvalue weighted by Gasteiger charge is 2.23. The lowest BCUT2D eigenvalue weighted by atomic mass is 9.81. The molecule has 1 unspecified atom stereocenters. The molecular formula is C19H31NO2. The highest BCUT2D eigenvalue weighted by atomic mass is 16.5. The van der Waals surface area contributed by atoms with Gasteiger partial charge in [0, 0.05) is 25.7 Å². The topological polar surface area (TPSA) is 21.7 Å². The van der Waals surface area contributed by atoms with Crippen LogP contribution < -0.4 is 9.47 Å². The van der Waals surface area contributed by atoms with Gasteiger partial charge in [-0.05, 0) is 37.3 Å². The first-order valence-electron chi connectivity index (χ1n) is 8.09. The van der Waals surface area contributed by atoms with Crippen LogP contribution in [-0.2, 0) is 0 Å². The number of ether oxygens (including phenoxy) is 2. The van der Waals surface area contributed by atoms with Crippen molar-refractivity contribution in [1.82, 2.24) is 4.90 Å². The van der Waals surface area contributed by atoms with Gasteiger partial charge in [0.1, 0.15) is 0 Å². The van der Waals surface area contributed by atoms with Gasteiger partial charge in [-0.2, -0.15) is 0 Å². The van der Waals surface area contributed by atoms with Crippen molar-refractivity contribution in [3.8, 4) is 11.5 Å². The van der Waals surface area contributed by atoms with E-state index in [4.69, 9.17) is 9.47 Å². The summed E-state index contributed by atoms with van der Waals surface area (Å²) in [7, 11) is 7.56. The average Bonchev–Trinajstić information content (AvgIpc) is 2.54. The molecule has 1 aliphatic carbocycles. The van der Waals surface area contributed by atoms with Gasteiger partial charge in [0.2, 0.25) is 0 Å². The Kier molecular flexibility index (Phi) is 7.86. The lowest BCUT2D eigenvalue weighted by molar-refractivity contribution is 0.289. The molecule has 0 aromatic heterocycles. The molecule has 0 fully saturated rings. The molecule has 0 saturated heterocycles. The Bertz CT molecular complexity index is 445. The van der Waals surface area contributed by atoms with E-state index in [0.29, 0.717) is 0 Å². The normalized spacial score (nSPS) is 20.4. The number of allylic oxidation sites excluding steroid dienone is 2. The number of methoxy groups -OCH3 is 2. The molecule has 124 valence electrons. The monoisotopic (exact) mass is 305 g/mol. The second kappa shape index (κ2) is 9.39. The average molecular weight is 305 g/mol. The fourth-order valence-electron chi connectivity index (χ4n) is 3.05. The summed E-state index contributed by atoms with van der Waals surface area (Å²) in [5.74, 6) is 3.21. The Balaban J connectivity index is 0.000000224. The standard InChI is InChI=1S/C11H21N.C8H10O2/c1-5-10-9(2)7-6-8-11(10)12(3)4;1-9-7-5-3-4-6-8(7)10-2/h8-10H,5-7H2,1-4H3;3-6H,1-2H3/t9-,10?;/m0./s1. The van der Waals surface area contributed by atoms with Gasteiger partial charge in [-0.15, -0.1) is 0 Å². The molecule has 0 saturated carbocycles. The van der Waals surface area contributed by atoms with Crippen molar-refractivity contribution in [3.05, 3.63) is 36.0 Å². The summed E-state index contributed by atoms with van der Waals surface area (Å²) in [5, 5.41) is 0. The largest absolute Gasteiger partial charge is 0.493 e. The molecule has 0 bridgehead atoms. The number of hydrogen-bond acceptors (Lipinski definition) is 3. The Morgan fingerprint density at radius 2 is 1.64 bits per heavy atom. The predicted octanol–water partition coefficient (Wildman–Crippen LogP) is 4.59. The van der Waals surface area contributed by atoms with Crippen molar-refractivity contribution in [2.24, 2.45) is 11.8 Å². The highest BCUT2D eigenvalue weighted by Crippen LogP contribution is 2.33. The summed E-state index contributed by atoms with van der Waals surface area (Å²) in [6, 6.07) is 7.53. The summed E-state index contributed by atoms with van der Waals surface area (Å²) in [6.07, 6.45) is 6.33. The van der Waals surface area contributed by atoms with E-state index in [0.717, 1.165) is 23.3 Å². The maximum Gasteiger partial charge on any atom is 0.160 e. The summed E-state index contributed by atoms with van der Waals surface area (Å²) >= 11 is 0. The smallest absolute Gasteiger partial charge is 0.160 e. The van der Waals surface area contributed by atoms with Crippen molar-refractivity contribution in [1.29, 1.82) is 0 Å². The van der Waals surface area contributed by atoms with Crippen molar-refractivity contribution in [3.63, 3.8) is 0 Å². The van der Waals surface area contributed by atoms with E-state index in [1.54, 1.807) is 19.9 Å². The van der Waals surface area contributed by atoms with Crippen molar-refractivity contribution in [2.75, 3.05) is 28.3 Å². The third-order valence-corrected chi connectivity index (χ3v) is 4.29. The van der Waals surface area contributed by atoms with Gasteiger partial charge in [0.05, 0.1) is 14.2 Å². The third-order valence-electron chi connectivity index (χ3n) is 4.29. The summed E-state index contributed by atoms with van der Waals surface area (Å²) in [4.78, 5) is 2.28. The van der Waals surface area contributed by atoms with Gasteiger partial charge >= 0.3 is 0 Å². The number of nitrogens with zero attached hydrogens (tertiary/aromatic N) is 1. The molecule has 22 heavy (non-hydrogen) atoms. The summed E-state index contributed by atoms with van der Waals surface area (Å²) in [5.41, 5.74) is 1.55. The Labute approximate surface area is 135 Å². The van der Waals surface area contributed by atoms with Crippen LogP contribution in [0.2, 0.25) is 0 Å². The van der Waals surface area contributed by atoms with E-state index >= 15 is 0 Å². The van der Waals surface area contributed by atoms with Crippen LogP contribution in [0.25, 0.3) is 0 Å². The molecule has 0 spiro atoms. The first-order chi connectivity index (χ1) is 10.5. The predicted molar refractivity (Wildman–Crippen MR) is 93.5 cm³/mol. The maximum atomic E-state index is 5.01. The molecule has 0 aliphatic heterocycles. The molecular weight excluding hydrogens is 274 g/mol. The lowest BCUT2D eigenvalue weighted by Gasteiger charge is -2.33. The fraction of sp³-hybridized carbons (Fsp3) is 0.579. The molecule has 0 amide bonds. The van der Waals surface area contributed by atoms with Gasteiger partial charge in [0.25, 0.3) is 0 Å².